The molecule has 0 saturated carbocycles. The normalized spacial score (nSPS) is 10.8. The molecule has 0 atom stereocenters. The summed E-state index contributed by atoms with van der Waals surface area (Å²) in [6.45, 7) is 3.40. The summed E-state index contributed by atoms with van der Waals surface area (Å²) in [4.78, 5) is 15.9. The summed E-state index contributed by atoms with van der Waals surface area (Å²) in [5.41, 5.74) is 3.56. The maximum absolute atomic E-state index is 11.6. The third kappa shape index (κ3) is 2.20. The number of imidazole rings is 1. The van der Waals surface area contributed by atoms with Crippen LogP contribution >= 0.6 is 0 Å². The minimum Gasteiger partial charge on any atom is -0.385 e. The number of H-pyrrole nitrogens is 1. The maximum Gasteiger partial charge on any atom is 0.179 e. The number of aryl methyl sites for hydroxylation is 1. The Morgan fingerprint density at radius 3 is 2.76 bits per heavy atom. The second-order valence-corrected chi connectivity index (χ2v) is 4.66. The largest absolute Gasteiger partial charge is 0.385 e. The van der Waals surface area contributed by atoms with E-state index in [1.807, 2.05) is 13.0 Å². The van der Waals surface area contributed by atoms with Gasteiger partial charge in [-0.15, -0.1) is 5.10 Å². The minimum absolute atomic E-state index is 0.0892. The number of anilines is 3. The van der Waals surface area contributed by atoms with E-state index in [9.17, 15) is 4.79 Å². The number of carbonyl (C=O) groups excluding carboxylic acids is 1. The molecule has 0 saturated heterocycles. The van der Waals surface area contributed by atoms with Gasteiger partial charge in [-0.2, -0.15) is 5.10 Å². The van der Waals surface area contributed by atoms with Crippen LogP contribution in [0.3, 0.4) is 0 Å². The predicted octanol–water partition coefficient (Wildman–Crippen LogP) is 1.75. The maximum atomic E-state index is 11.6. The van der Waals surface area contributed by atoms with Crippen molar-refractivity contribution in [3.05, 3.63) is 29.8 Å². The number of carbonyl (C=O) groups is 1. The van der Waals surface area contributed by atoms with Gasteiger partial charge in [0.1, 0.15) is 5.69 Å². The molecule has 3 heterocycles. The van der Waals surface area contributed by atoms with Crippen LogP contribution in [0.25, 0.3) is 5.65 Å². The van der Waals surface area contributed by atoms with Crippen molar-refractivity contribution < 1.29 is 4.79 Å². The molecule has 8 nitrogen and oxygen atoms in total. The first-order valence-electron chi connectivity index (χ1n) is 6.44. The lowest BCUT2D eigenvalue weighted by molar-refractivity contribution is 0.101. The number of aromatic nitrogens is 5. The zero-order chi connectivity index (χ0) is 15.0. The molecule has 8 heteroatoms. The van der Waals surface area contributed by atoms with Crippen molar-refractivity contribution in [2.45, 2.75) is 13.8 Å². The Balaban J connectivity index is 2.13. The number of hydrogen-bond donors (Lipinski definition) is 3. The molecule has 0 unspecified atom stereocenters. The molecule has 0 amide bonds. The van der Waals surface area contributed by atoms with E-state index in [0.717, 1.165) is 17.1 Å². The highest BCUT2D eigenvalue weighted by Gasteiger charge is 2.14. The van der Waals surface area contributed by atoms with Gasteiger partial charge in [-0.3, -0.25) is 9.89 Å². The lowest BCUT2D eigenvalue weighted by Crippen LogP contribution is -2.07. The Morgan fingerprint density at radius 1 is 1.33 bits per heavy atom. The Kier molecular flexibility index (Phi) is 3.05. The first-order chi connectivity index (χ1) is 10.1. The van der Waals surface area contributed by atoms with Gasteiger partial charge in [-0.25, -0.2) is 9.50 Å². The van der Waals surface area contributed by atoms with Crippen LogP contribution in [0.1, 0.15) is 23.1 Å². The van der Waals surface area contributed by atoms with E-state index in [-0.39, 0.29) is 5.78 Å². The molecule has 3 rings (SSSR count). The van der Waals surface area contributed by atoms with Crippen LogP contribution in [0.5, 0.6) is 0 Å². The Labute approximate surface area is 120 Å². The fourth-order valence-electron chi connectivity index (χ4n) is 2.07. The molecule has 0 aromatic carbocycles. The van der Waals surface area contributed by atoms with Crippen molar-refractivity contribution in [1.29, 1.82) is 0 Å². The van der Waals surface area contributed by atoms with Gasteiger partial charge in [-0.1, -0.05) is 0 Å². The molecule has 0 aliphatic carbocycles. The Hall–Kier alpha value is -2.90. The molecule has 0 aliphatic heterocycles. The molecule has 0 fully saturated rings. The first kappa shape index (κ1) is 13.1. The van der Waals surface area contributed by atoms with Crippen LogP contribution < -0.4 is 10.6 Å². The van der Waals surface area contributed by atoms with Crippen molar-refractivity contribution >= 4 is 28.6 Å². The van der Waals surface area contributed by atoms with E-state index in [1.54, 1.807) is 13.2 Å². The molecule has 3 N–H and O–H groups in total. The third-order valence-electron chi connectivity index (χ3n) is 3.19. The molecular weight excluding hydrogens is 270 g/mol. The lowest BCUT2D eigenvalue weighted by atomic mass is 10.3. The van der Waals surface area contributed by atoms with Gasteiger partial charge in [0.2, 0.25) is 0 Å². The van der Waals surface area contributed by atoms with Crippen molar-refractivity contribution in [2.24, 2.45) is 0 Å². The summed E-state index contributed by atoms with van der Waals surface area (Å²) in [5, 5.41) is 17.5. The summed E-state index contributed by atoms with van der Waals surface area (Å²) >= 11 is 0. The number of rotatable bonds is 4. The average molecular weight is 285 g/mol. The van der Waals surface area contributed by atoms with Crippen molar-refractivity contribution in [3.63, 3.8) is 0 Å². The smallest absolute Gasteiger partial charge is 0.179 e. The lowest BCUT2D eigenvalue weighted by Gasteiger charge is -2.09. The summed E-state index contributed by atoms with van der Waals surface area (Å²) < 4.78 is 1.53. The van der Waals surface area contributed by atoms with Crippen LogP contribution in [0.15, 0.2) is 18.5 Å². The Morgan fingerprint density at radius 2 is 2.14 bits per heavy atom. The SMILES string of the molecule is CNc1cc(Nc2cn[nH]c2C)nn2c(C(C)=O)cnc12. The Bertz CT molecular complexity index is 817. The second kappa shape index (κ2) is 4.89. The van der Waals surface area contributed by atoms with Crippen molar-refractivity contribution in [3.8, 4) is 0 Å². The standard InChI is InChI=1S/C13H15N7O/c1-7-10(5-16-18-7)17-12-4-9(14-3)13-15-6-11(8(2)21)20(13)19-12/h4-6,14H,1-3H3,(H,16,18)(H,17,19). The van der Waals surface area contributed by atoms with Gasteiger partial charge in [0.05, 0.1) is 29.5 Å². The molecule has 0 aliphatic rings. The number of aromatic amines is 1. The fraction of sp³-hybridized carbons (Fsp3) is 0.231. The average Bonchev–Trinajstić information content (AvgIpc) is 3.05. The van der Waals surface area contributed by atoms with Gasteiger partial charge >= 0.3 is 0 Å². The monoisotopic (exact) mass is 285 g/mol. The highest BCUT2D eigenvalue weighted by atomic mass is 16.1. The van der Waals surface area contributed by atoms with Gasteiger partial charge in [0.15, 0.2) is 17.2 Å². The van der Waals surface area contributed by atoms with Crippen LogP contribution in [0.4, 0.5) is 17.2 Å². The van der Waals surface area contributed by atoms with Gasteiger partial charge in [0, 0.05) is 20.0 Å². The van der Waals surface area contributed by atoms with Gasteiger partial charge in [0.25, 0.3) is 0 Å². The van der Waals surface area contributed by atoms with E-state index >= 15 is 0 Å². The number of nitrogens with one attached hydrogen (secondary N) is 3. The molecular formula is C13H15N7O. The van der Waals surface area contributed by atoms with Crippen molar-refractivity contribution in [1.82, 2.24) is 24.8 Å². The van der Waals surface area contributed by atoms with Crippen LogP contribution in [0.2, 0.25) is 0 Å². The molecule has 3 aromatic rings. The molecule has 21 heavy (non-hydrogen) atoms. The summed E-state index contributed by atoms with van der Waals surface area (Å²) in [6.07, 6.45) is 3.21. The van der Waals surface area contributed by atoms with E-state index in [0.29, 0.717) is 17.2 Å². The van der Waals surface area contributed by atoms with E-state index < -0.39 is 0 Å². The summed E-state index contributed by atoms with van der Waals surface area (Å²) in [7, 11) is 1.80. The highest BCUT2D eigenvalue weighted by molar-refractivity contribution is 5.93. The second-order valence-electron chi connectivity index (χ2n) is 4.66. The number of fused-ring (bicyclic) bond motifs is 1. The number of hydrogen-bond acceptors (Lipinski definition) is 6. The zero-order valence-corrected chi connectivity index (χ0v) is 11.9. The zero-order valence-electron chi connectivity index (χ0n) is 11.9. The first-order valence-corrected chi connectivity index (χ1v) is 6.44. The summed E-state index contributed by atoms with van der Waals surface area (Å²) in [5.74, 6) is 0.505. The minimum atomic E-state index is -0.0892. The van der Waals surface area contributed by atoms with Crippen LogP contribution in [0, 0.1) is 6.92 Å². The molecule has 108 valence electrons. The number of Topliss-reactive ketones (excluding diaryl/α,β-unsaturated/α-hetero) is 1. The number of nitrogens with zero attached hydrogens (tertiary/aromatic N) is 4. The quantitative estimate of drug-likeness (QED) is 0.631. The van der Waals surface area contributed by atoms with Gasteiger partial charge in [-0.05, 0) is 6.92 Å². The van der Waals surface area contributed by atoms with E-state index in [2.05, 4.69) is 30.9 Å². The highest BCUT2D eigenvalue weighted by Crippen LogP contribution is 2.23. The van der Waals surface area contributed by atoms with Crippen molar-refractivity contribution in [2.75, 3.05) is 17.7 Å². The topological polar surface area (TPSA) is 100 Å². The molecule has 0 radical (unpaired) electrons. The van der Waals surface area contributed by atoms with Crippen LogP contribution in [-0.4, -0.2) is 37.6 Å². The molecule has 0 bridgehead atoms. The van der Waals surface area contributed by atoms with E-state index in [1.165, 1.54) is 17.6 Å². The predicted molar refractivity (Wildman–Crippen MR) is 79.1 cm³/mol. The van der Waals surface area contributed by atoms with Gasteiger partial charge < -0.3 is 10.6 Å². The molecule has 3 aromatic heterocycles. The third-order valence-corrected chi connectivity index (χ3v) is 3.19. The fourth-order valence-corrected chi connectivity index (χ4v) is 2.07. The van der Waals surface area contributed by atoms with Crippen LogP contribution in [-0.2, 0) is 0 Å². The van der Waals surface area contributed by atoms with E-state index in [4.69, 9.17) is 0 Å². The molecule has 0 spiro atoms. The number of ketones is 1. The summed E-state index contributed by atoms with van der Waals surface area (Å²) in [6, 6.07) is 1.83.